The van der Waals surface area contributed by atoms with Crippen molar-refractivity contribution in [3.8, 4) is 0 Å². The Bertz CT molecular complexity index is 592. The number of anilines is 2. The summed E-state index contributed by atoms with van der Waals surface area (Å²) in [5, 5.41) is 12.7. The van der Waals surface area contributed by atoms with Crippen LogP contribution in [0.3, 0.4) is 0 Å². The van der Waals surface area contributed by atoms with Crippen LogP contribution in [0.15, 0.2) is 16.5 Å². The van der Waals surface area contributed by atoms with E-state index in [9.17, 15) is 13.2 Å². The number of hydrogen-bond acceptors (Lipinski definition) is 5. The number of nitrogens with zero attached hydrogens (tertiary/aromatic N) is 2. The third-order valence-corrected chi connectivity index (χ3v) is 2.53. The maximum absolute atomic E-state index is 13.5. The van der Waals surface area contributed by atoms with Gasteiger partial charge in [0.15, 0.2) is 11.6 Å². The van der Waals surface area contributed by atoms with Crippen molar-refractivity contribution in [2.45, 2.75) is 20.4 Å². The van der Waals surface area contributed by atoms with E-state index < -0.39 is 23.1 Å². The molecule has 0 atom stereocenters. The molecule has 0 aliphatic rings. The highest BCUT2D eigenvalue weighted by Gasteiger charge is 2.14. The summed E-state index contributed by atoms with van der Waals surface area (Å²) < 4.78 is 44.9. The molecular formula is C13H15F3N4O. The van der Waals surface area contributed by atoms with Gasteiger partial charge in [0.05, 0.1) is 6.54 Å². The third kappa shape index (κ3) is 4.19. The van der Waals surface area contributed by atoms with Crippen LogP contribution in [0, 0.1) is 23.4 Å². The first-order valence-electron chi connectivity index (χ1n) is 6.40. The molecule has 1 aromatic carbocycles. The maximum Gasteiger partial charge on any atom is 0.320 e. The van der Waals surface area contributed by atoms with Gasteiger partial charge < -0.3 is 15.1 Å². The average Bonchev–Trinajstić information content (AvgIpc) is 2.81. The molecule has 0 spiro atoms. The minimum absolute atomic E-state index is 0.166. The van der Waals surface area contributed by atoms with Crippen molar-refractivity contribution < 1.29 is 17.6 Å². The summed E-state index contributed by atoms with van der Waals surface area (Å²) in [6.45, 7) is 5.22. The zero-order chi connectivity index (χ0) is 15.4. The minimum Gasteiger partial charge on any atom is -0.406 e. The Morgan fingerprint density at radius 2 is 1.81 bits per heavy atom. The summed E-state index contributed by atoms with van der Waals surface area (Å²) in [5.41, 5.74) is -0.540. The van der Waals surface area contributed by atoms with E-state index in [-0.39, 0.29) is 11.9 Å². The molecule has 114 valence electrons. The van der Waals surface area contributed by atoms with Crippen LogP contribution in [0.25, 0.3) is 0 Å². The SMILES string of the molecule is CC(C)CNCc1nnc(Nc2c(F)cc(F)cc2F)o1. The first kappa shape index (κ1) is 15.3. The van der Waals surface area contributed by atoms with Crippen LogP contribution in [0.1, 0.15) is 19.7 Å². The van der Waals surface area contributed by atoms with Gasteiger partial charge in [0.25, 0.3) is 0 Å². The molecule has 0 radical (unpaired) electrons. The van der Waals surface area contributed by atoms with Crippen molar-refractivity contribution in [1.82, 2.24) is 15.5 Å². The van der Waals surface area contributed by atoms with E-state index in [1.807, 2.05) is 13.8 Å². The van der Waals surface area contributed by atoms with Gasteiger partial charge in [-0.2, -0.15) is 0 Å². The lowest BCUT2D eigenvalue weighted by molar-refractivity contribution is 0.459. The van der Waals surface area contributed by atoms with Gasteiger partial charge in [0, 0.05) is 12.1 Å². The summed E-state index contributed by atoms with van der Waals surface area (Å²) >= 11 is 0. The molecule has 1 aromatic heterocycles. The zero-order valence-electron chi connectivity index (χ0n) is 11.6. The second-order valence-corrected chi connectivity index (χ2v) is 4.90. The molecule has 2 N–H and O–H groups in total. The Kier molecular flexibility index (Phi) is 4.79. The predicted molar refractivity (Wildman–Crippen MR) is 70.4 cm³/mol. The number of halogens is 3. The number of hydrogen-bond donors (Lipinski definition) is 2. The highest BCUT2D eigenvalue weighted by molar-refractivity contribution is 5.53. The smallest absolute Gasteiger partial charge is 0.320 e. The van der Waals surface area contributed by atoms with E-state index in [0.717, 1.165) is 6.54 Å². The Hall–Kier alpha value is -2.09. The van der Waals surface area contributed by atoms with Crippen molar-refractivity contribution in [2.75, 3.05) is 11.9 Å². The zero-order valence-corrected chi connectivity index (χ0v) is 11.6. The fourth-order valence-corrected chi connectivity index (χ4v) is 1.61. The molecule has 2 rings (SSSR count). The molecule has 0 aliphatic heterocycles. The quantitative estimate of drug-likeness (QED) is 0.858. The van der Waals surface area contributed by atoms with E-state index in [2.05, 4.69) is 20.8 Å². The Balaban J connectivity index is 2.03. The van der Waals surface area contributed by atoms with Gasteiger partial charge in [-0.15, -0.1) is 5.10 Å². The van der Waals surface area contributed by atoms with Crippen LogP contribution in [-0.4, -0.2) is 16.7 Å². The molecule has 0 amide bonds. The first-order chi connectivity index (χ1) is 9.95. The van der Waals surface area contributed by atoms with Crippen LogP contribution >= 0.6 is 0 Å². The predicted octanol–water partition coefficient (Wildman–Crippen LogP) is 2.98. The summed E-state index contributed by atoms with van der Waals surface area (Å²) in [6, 6.07) is 0.959. The lowest BCUT2D eigenvalue weighted by Gasteiger charge is -2.05. The van der Waals surface area contributed by atoms with Gasteiger partial charge in [-0.05, 0) is 12.5 Å². The molecule has 2 aromatic rings. The normalized spacial score (nSPS) is 11.1. The summed E-state index contributed by atoms with van der Waals surface area (Å²) in [4.78, 5) is 0. The third-order valence-electron chi connectivity index (χ3n) is 2.53. The second-order valence-electron chi connectivity index (χ2n) is 4.90. The monoisotopic (exact) mass is 300 g/mol. The summed E-state index contributed by atoms with van der Waals surface area (Å²) in [6.07, 6.45) is 0. The van der Waals surface area contributed by atoms with Crippen LogP contribution in [-0.2, 0) is 6.54 Å². The first-order valence-corrected chi connectivity index (χ1v) is 6.40. The van der Waals surface area contributed by atoms with Gasteiger partial charge in [-0.1, -0.05) is 18.9 Å². The number of benzene rings is 1. The average molecular weight is 300 g/mol. The summed E-state index contributed by atoms with van der Waals surface area (Å²) in [5.74, 6) is -2.41. The topological polar surface area (TPSA) is 63.0 Å². The van der Waals surface area contributed by atoms with Crippen molar-refractivity contribution in [2.24, 2.45) is 5.92 Å². The molecule has 0 saturated carbocycles. The molecule has 0 aliphatic carbocycles. The lowest BCUT2D eigenvalue weighted by Crippen LogP contribution is -2.19. The Labute approximate surface area is 119 Å². The van der Waals surface area contributed by atoms with Crippen molar-refractivity contribution >= 4 is 11.7 Å². The van der Waals surface area contributed by atoms with Crippen molar-refractivity contribution in [3.05, 3.63) is 35.5 Å². The second kappa shape index (κ2) is 6.57. The summed E-state index contributed by atoms with van der Waals surface area (Å²) in [7, 11) is 0. The molecular weight excluding hydrogens is 285 g/mol. The van der Waals surface area contributed by atoms with Gasteiger partial charge >= 0.3 is 6.01 Å². The van der Waals surface area contributed by atoms with E-state index in [1.165, 1.54) is 0 Å². The van der Waals surface area contributed by atoms with E-state index in [0.29, 0.717) is 24.6 Å². The van der Waals surface area contributed by atoms with E-state index in [4.69, 9.17) is 4.42 Å². The highest BCUT2D eigenvalue weighted by atomic mass is 19.1. The Morgan fingerprint density at radius 1 is 1.14 bits per heavy atom. The number of aromatic nitrogens is 2. The number of rotatable bonds is 6. The van der Waals surface area contributed by atoms with E-state index >= 15 is 0 Å². The fraction of sp³-hybridized carbons (Fsp3) is 0.385. The maximum atomic E-state index is 13.5. The van der Waals surface area contributed by atoms with Crippen LogP contribution in [0.2, 0.25) is 0 Å². The van der Waals surface area contributed by atoms with Crippen molar-refractivity contribution in [1.29, 1.82) is 0 Å². The molecule has 0 unspecified atom stereocenters. The standard InChI is InChI=1S/C13H15F3N4O/c1-7(2)5-17-6-11-19-20-13(21-11)18-12-9(15)3-8(14)4-10(12)16/h3-4,7,17H,5-6H2,1-2H3,(H,18,20). The minimum atomic E-state index is -1.08. The largest absolute Gasteiger partial charge is 0.406 e. The van der Waals surface area contributed by atoms with Crippen molar-refractivity contribution in [3.63, 3.8) is 0 Å². The molecule has 21 heavy (non-hydrogen) atoms. The highest BCUT2D eigenvalue weighted by Crippen LogP contribution is 2.23. The van der Waals surface area contributed by atoms with Gasteiger partial charge in [-0.25, -0.2) is 13.2 Å². The van der Waals surface area contributed by atoms with Crippen LogP contribution in [0.5, 0.6) is 0 Å². The Morgan fingerprint density at radius 3 is 2.43 bits per heavy atom. The molecule has 8 heteroatoms. The van der Waals surface area contributed by atoms with Gasteiger partial charge in [0.2, 0.25) is 5.89 Å². The molecule has 0 saturated heterocycles. The molecule has 5 nitrogen and oxygen atoms in total. The molecule has 0 bridgehead atoms. The molecule has 1 heterocycles. The molecule has 0 fully saturated rings. The van der Waals surface area contributed by atoms with Gasteiger partial charge in [-0.3, -0.25) is 0 Å². The van der Waals surface area contributed by atoms with Crippen LogP contribution in [0.4, 0.5) is 24.9 Å². The lowest BCUT2D eigenvalue weighted by atomic mass is 10.2. The van der Waals surface area contributed by atoms with E-state index in [1.54, 1.807) is 0 Å². The fourth-order valence-electron chi connectivity index (χ4n) is 1.61. The van der Waals surface area contributed by atoms with Crippen LogP contribution < -0.4 is 10.6 Å². The number of nitrogens with one attached hydrogen (secondary N) is 2. The van der Waals surface area contributed by atoms with Gasteiger partial charge in [0.1, 0.15) is 11.5 Å².